The molecule has 0 aliphatic heterocycles. The molecule has 36 heavy (non-hydrogen) atoms. The largest absolute Gasteiger partial charge is 0.487 e. The third-order valence-electron chi connectivity index (χ3n) is 5.53. The average Bonchev–Trinajstić information content (AvgIpc) is 3.28. The Morgan fingerprint density at radius 2 is 1.61 bits per heavy atom. The maximum absolute atomic E-state index is 10.9. The molecule has 7 heteroatoms. The van der Waals surface area contributed by atoms with Crippen LogP contribution in [0.2, 0.25) is 0 Å². The van der Waals surface area contributed by atoms with Crippen molar-refractivity contribution < 1.29 is 23.9 Å². The number of carbonyl (C=O) groups is 1. The summed E-state index contributed by atoms with van der Waals surface area (Å²) in [5.41, 5.74) is 4.27. The van der Waals surface area contributed by atoms with Crippen molar-refractivity contribution in [2.24, 2.45) is 5.16 Å². The number of nitrogens with zero attached hydrogens (tertiary/aromatic N) is 2. The van der Waals surface area contributed by atoms with E-state index in [1.165, 1.54) is 0 Å². The Labute approximate surface area is 210 Å². The number of oxazole rings is 1. The fraction of sp³-hybridized carbons (Fsp3) is 0.207. The molecule has 7 nitrogen and oxygen atoms in total. The van der Waals surface area contributed by atoms with Crippen LogP contribution in [0.5, 0.6) is 5.75 Å². The zero-order valence-corrected chi connectivity index (χ0v) is 20.1. The standard InChI is InChI=1S/C29H28N2O5/c1-21-27(30-29(36-21)24-11-6-3-7-12-24)20-34-25-17-15-22(16-18-25)19-35-31-26(13-8-14-28(32)33)23-9-4-2-5-10-23/h2-7,9-12,15-18H,8,13-14,19-20H2,1H3,(H,32,33). The zero-order chi connectivity index (χ0) is 25.2. The first-order valence-corrected chi connectivity index (χ1v) is 11.8. The number of carboxylic acids is 1. The van der Waals surface area contributed by atoms with Gasteiger partial charge in [-0.25, -0.2) is 4.98 Å². The van der Waals surface area contributed by atoms with E-state index >= 15 is 0 Å². The molecule has 0 fully saturated rings. The van der Waals surface area contributed by atoms with Crippen LogP contribution >= 0.6 is 0 Å². The molecule has 0 amide bonds. The molecular formula is C29H28N2O5. The average molecular weight is 485 g/mol. The summed E-state index contributed by atoms with van der Waals surface area (Å²) < 4.78 is 11.7. The molecular weight excluding hydrogens is 456 g/mol. The number of hydrogen-bond donors (Lipinski definition) is 1. The lowest BCUT2D eigenvalue weighted by molar-refractivity contribution is -0.137. The van der Waals surface area contributed by atoms with E-state index in [4.69, 9.17) is 19.1 Å². The van der Waals surface area contributed by atoms with E-state index in [-0.39, 0.29) is 6.42 Å². The summed E-state index contributed by atoms with van der Waals surface area (Å²) in [5, 5.41) is 13.2. The minimum Gasteiger partial charge on any atom is -0.487 e. The molecule has 0 aliphatic rings. The van der Waals surface area contributed by atoms with Crippen LogP contribution in [0.1, 0.15) is 41.8 Å². The van der Waals surface area contributed by atoms with Crippen LogP contribution in [0.4, 0.5) is 0 Å². The van der Waals surface area contributed by atoms with Gasteiger partial charge < -0.3 is 19.1 Å². The van der Waals surface area contributed by atoms with Gasteiger partial charge in [-0.1, -0.05) is 65.8 Å². The van der Waals surface area contributed by atoms with Gasteiger partial charge in [0.15, 0.2) is 0 Å². The van der Waals surface area contributed by atoms with Crippen LogP contribution in [0.3, 0.4) is 0 Å². The van der Waals surface area contributed by atoms with Crippen molar-refractivity contribution in [1.29, 1.82) is 0 Å². The van der Waals surface area contributed by atoms with Crippen molar-refractivity contribution in [3.8, 4) is 17.2 Å². The Morgan fingerprint density at radius 1 is 0.917 bits per heavy atom. The Morgan fingerprint density at radius 3 is 2.31 bits per heavy atom. The van der Waals surface area contributed by atoms with E-state index < -0.39 is 5.97 Å². The predicted octanol–water partition coefficient (Wildman–Crippen LogP) is 6.40. The van der Waals surface area contributed by atoms with E-state index in [0.717, 1.165) is 33.9 Å². The fourth-order valence-electron chi connectivity index (χ4n) is 3.56. The molecule has 184 valence electrons. The van der Waals surface area contributed by atoms with Gasteiger partial charge in [-0.2, -0.15) is 0 Å². The number of aromatic nitrogens is 1. The van der Waals surface area contributed by atoms with Crippen molar-refractivity contribution in [3.05, 3.63) is 108 Å². The van der Waals surface area contributed by atoms with Crippen molar-refractivity contribution in [2.45, 2.75) is 39.4 Å². The smallest absolute Gasteiger partial charge is 0.303 e. The van der Waals surface area contributed by atoms with E-state index in [2.05, 4.69) is 10.1 Å². The fourth-order valence-corrected chi connectivity index (χ4v) is 3.56. The highest BCUT2D eigenvalue weighted by Gasteiger charge is 2.12. The van der Waals surface area contributed by atoms with Crippen molar-refractivity contribution in [1.82, 2.24) is 4.98 Å². The lowest BCUT2D eigenvalue weighted by Gasteiger charge is -2.08. The predicted molar refractivity (Wildman–Crippen MR) is 137 cm³/mol. The minimum absolute atomic E-state index is 0.0920. The lowest BCUT2D eigenvalue weighted by Crippen LogP contribution is -2.04. The number of benzene rings is 3. The van der Waals surface area contributed by atoms with Gasteiger partial charge in [0.1, 0.15) is 30.4 Å². The molecule has 1 N–H and O–H groups in total. The second kappa shape index (κ2) is 12.4. The second-order valence-electron chi connectivity index (χ2n) is 8.25. The summed E-state index contributed by atoms with van der Waals surface area (Å²) in [6, 6.07) is 27.0. The van der Waals surface area contributed by atoms with E-state index in [9.17, 15) is 4.79 Å². The molecule has 0 aliphatic carbocycles. The quantitative estimate of drug-likeness (QED) is 0.185. The lowest BCUT2D eigenvalue weighted by atomic mass is 10.0. The molecule has 0 atom stereocenters. The number of rotatable bonds is 12. The number of hydrogen-bond acceptors (Lipinski definition) is 6. The summed E-state index contributed by atoms with van der Waals surface area (Å²) in [7, 11) is 0. The first-order chi connectivity index (χ1) is 17.6. The Balaban J connectivity index is 1.31. The highest BCUT2D eigenvalue weighted by atomic mass is 16.6. The molecule has 0 bridgehead atoms. The van der Waals surface area contributed by atoms with Crippen LogP contribution in [-0.4, -0.2) is 21.8 Å². The number of oxime groups is 1. The second-order valence-corrected chi connectivity index (χ2v) is 8.25. The maximum Gasteiger partial charge on any atom is 0.303 e. The summed E-state index contributed by atoms with van der Waals surface area (Å²) in [6.45, 7) is 2.47. The van der Waals surface area contributed by atoms with Crippen molar-refractivity contribution in [3.63, 3.8) is 0 Å². The highest BCUT2D eigenvalue weighted by molar-refractivity contribution is 6.00. The van der Waals surface area contributed by atoms with Crippen LogP contribution in [0.25, 0.3) is 11.5 Å². The Kier molecular flexibility index (Phi) is 8.48. The topological polar surface area (TPSA) is 94.2 Å². The monoisotopic (exact) mass is 484 g/mol. The van der Waals surface area contributed by atoms with Gasteiger partial charge in [0.2, 0.25) is 5.89 Å². The van der Waals surface area contributed by atoms with Gasteiger partial charge in [-0.3, -0.25) is 4.79 Å². The Bertz CT molecular complexity index is 1280. The van der Waals surface area contributed by atoms with Gasteiger partial charge in [0.25, 0.3) is 0 Å². The summed E-state index contributed by atoms with van der Waals surface area (Å²) in [5.74, 6) is 1.21. The van der Waals surface area contributed by atoms with Gasteiger partial charge in [-0.15, -0.1) is 0 Å². The van der Waals surface area contributed by atoms with Gasteiger partial charge in [0, 0.05) is 12.0 Å². The zero-order valence-electron chi connectivity index (χ0n) is 20.1. The number of carboxylic acid groups (broad SMARTS) is 1. The van der Waals surface area contributed by atoms with Crippen molar-refractivity contribution in [2.75, 3.05) is 0 Å². The molecule has 4 aromatic rings. The van der Waals surface area contributed by atoms with Gasteiger partial charge >= 0.3 is 5.97 Å². The van der Waals surface area contributed by atoms with Crippen LogP contribution in [-0.2, 0) is 22.8 Å². The molecule has 3 aromatic carbocycles. The van der Waals surface area contributed by atoms with Crippen LogP contribution in [0, 0.1) is 6.92 Å². The summed E-state index contributed by atoms with van der Waals surface area (Å²) in [4.78, 5) is 21.0. The molecule has 0 radical (unpaired) electrons. The first kappa shape index (κ1) is 24.7. The van der Waals surface area contributed by atoms with E-state index in [0.29, 0.717) is 37.7 Å². The number of ether oxygens (including phenoxy) is 1. The van der Waals surface area contributed by atoms with Gasteiger partial charge in [0.05, 0.1) is 5.71 Å². The number of aliphatic carboxylic acids is 1. The Hall–Kier alpha value is -4.39. The van der Waals surface area contributed by atoms with Crippen molar-refractivity contribution >= 4 is 11.7 Å². The minimum atomic E-state index is -0.819. The van der Waals surface area contributed by atoms with E-state index in [1.807, 2.05) is 91.9 Å². The summed E-state index contributed by atoms with van der Waals surface area (Å²) >= 11 is 0. The third kappa shape index (κ3) is 7.06. The third-order valence-corrected chi connectivity index (χ3v) is 5.53. The number of aryl methyl sites for hydroxylation is 1. The van der Waals surface area contributed by atoms with Crippen LogP contribution in [0.15, 0.2) is 94.5 Å². The van der Waals surface area contributed by atoms with Gasteiger partial charge in [-0.05, 0) is 55.2 Å². The molecule has 1 heterocycles. The van der Waals surface area contributed by atoms with E-state index in [1.54, 1.807) is 0 Å². The highest BCUT2D eigenvalue weighted by Crippen LogP contribution is 2.23. The molecule has 0 saturated carbocycles. The SMILES string of the molecule is Cc1oc(-c2ccccc2)nc1COc1ccc(CON=C(CCCC(=O)O)c2ccccc2)cc1. The molecule has 0 saturated heterocycles. The maximum atomic E-state index is 10.9. The molecule has 0 unspecified atom stereocenters. The van der Waals surface area contributed by atoms with Crippen LogP contribution < -0.4 is 4.74 Å². The first-order valence-electron chi connectivity index (χ1n) is 11.8. The molecule has 4 rings (SSSR count). The summed E-state index contributed by atoms with van der Waals surface area (Å²) in [6.07, 6.45) is 1.11. The molecule has 1 aromatic heterocycles. The molecule has 0 spiro atoms. The normalized spacial score (nSPS) is 11.3.